The van der Waals surface area contributed by atoms with Crippen LogP contribution in [0.3, 0.4) is 0 Å². The van der Waals surface area contributed by atoms with Crippen LogP contribution < -0.4 is 5.32 Å². The van der Waals surface area contributed by atoms with Crippen LogP contribution in [0.1, 0.15) is 60.2 Å². The normalized spacial score (nSPS) is 10.2. The van der Waals surface area contributed by atoms with Gasteiger partial charge in [-0.2, -0.15) is 0 Å². The van der Waals surface area contributed by atoms with Gasteiger partial charge >= 0.3 is 0 Å². The number of unbranched alkanes of at least 4 members (excludes halogenated alkanes) is 3. The summed E-state index contributed by atoms with van der Waals surface area (Å²) in [6.07, 6.45) is 4.30. The first kappa shape index (κ1) is 15.2. The molecule has 0 unspecified atom stereocenters. The van der Waals surface area contributed by atoms with E-state index >= 15 is 0 Å². The monoisotopic (exact) mass is 263 g/mol. The predicted molar refractivity (Wildman–Crippen MR) is 74.6 cm³/mol. The Morgan fingerprint density at radius 3 is 2.47 bits per heavy atom. The Hall–Kier alpha value is -1.84. The van der Waals surface area contributed by atoms with Crippen molar-refractivity contribution in [1.82, 2.24) is 5.32 Å². The molecule has 0 aliphatic rings. The van der Waals surface area contributed by atoms with Gasteiger partial charge in [-0.1, -0.05) is 32.3 Å². The zero-order chi connectivity index (χ0) is 14.3. The highest BCUT2D eigenvalue weighted by Crippen LogP contribution is 2.22. The van der Waals surface area contributed by atoms with E-state index in [1.54, 1.807) is 6.07 Å². The predicted octanol–water partition coefficient (Wildman–Crippen LogP) is 2.90. The molecule has 0 radical (unpaired) electrons. The Bertz CT molecular complexity index is 455. The van der Waals surface area contributed by atoms with Crippen LogP contribution in [-0.2, 0) is 0 Å². The maximum absolute atomic E-state index is 11.9. The first-order valence-electron chi connectivity index (χ1n) is 6.69. The number of phenols is 1. The summed E-state index contributed by atoms with van der Waals surface area (Å²) in [5, 5.41) is 12.6. The summed E-state index contributed by atoms with van der Waals surface area (Å²) in [4.78, 5) is 23.2. The first-order valence-corrected chi connectivity index (χ1v) is 6.69. The number of hydrogen-bond acceptors (Lipinski definition) is 3. The number of ketones is 1. The lowest BCUT2D eigenvalue weighted by molar-refractivity contribution is 0.0950. The maximum atomic E-state index is 11.9. The molecule has 104 valence electrons. The number of carbonyl (C=O) groups excluding carboxylic acids is 2. The molecule has 0 spiro atoms. The summed E-state index contributed by atoms with van der Waals surface area (Å²) in [6.45, 7) is 4.08. The Kier molecular flexibility index (Phi) is 6.06. The zero-order valence-corrected chi connectivity index (χ0v) is 11.5. The summed E-state index contributed by atoms with van der Waals surface area (Å²) >= 11 is 0. The first-order chi connectivity index (χ1) is 9.07. The van der Waals surface area contributed by atoms with Gasteiger partial charge in [0, 0.05) is 6.54 Å². The van der Waals surface area contributed by atoms with Crippen LogP contribution in [-0.4, -0.2) is 23.3 Å². The molecule has 0 aromatic heterocycles. The molecule has 19 heavy (non-hydrogen) atoms. The van der Waals surface area contributed by atoms with E-state index < -0.39 is 0 Å². The highest BCUT2D eigenvalue weighted by atomic mass is 16.3. The fraction of sp³-hybridized carbons (Fsp3) is 0.467. The van der Waals surface area contributed by atoms with Crippen molar-refractivity contribution < 1.29 is 14.7 Å². The Morgan fingerprint density at radius 1 is 1.16 bits per heavy atom. The molecule has 4 nitrogen and oxygen atoms in total. The second-order valence-corrected chi connectivity index (χ2v) is 4.57. The second kappa shape index (κ2) is 7.56. The molecule has 0 atom stereocenters. The third kappa shape index (κ3) is 4.39. The SMILES string of the molecule is CCCCCCNC(=O)c1cccc(C(C)=O)c1O. The van der Waals surface area contributed by atoms with Crippen molar-refractivity contribution in [2.75, 3.05) is 6.54 Å². The number of carbonyl (C=O) groups is 2. The van der Waals surface area contributed by atoms with Gasteiger partial charge in [-0.3, -0.25) is 9.59 Å². The van der Waals surface area contributed by atoms with Crippen molar-refractivity contribution in [3.05, 3.63) is 29.3 Å². The van der Waals surface area contributed by atoms with Gasteiger partial charge in [0.2, 0.25) is 0 Å². The van der Waals surface area contributed by atoms with Crippen molar-refractivity contribution in [3.8, 4) is 5.75 Å². The summed E-state index contributed by atoms with van der Waals surface area (Å²) in [5.74, 6) is -0.826. The molecule has 0 aliphatic carbocycles. The molecule has 0 heterocycles. The highest BCUT2D eigenvalue weighted by Gasteiger charge is 2.15. The third-order valence-corrected chi connectivity index (χ3v) is 2.98. The molecular weight excluding hydrogens is 242 g/mol. The Morgan fingerprint density at radius 2 is 1.84 bits per heavy atom. The molecule has 1 amide bonds. The largest absolute Gasteiger partial charge is 0.506 e. The number of amides is 1. The smallest absolute Gasteiger partial charge is 0.255 e. The number of Topliss-reactive ketones (excluding diaryl/α,β-unsaturated/α-hetero) is 1. The summed E-state index contributed by atoms with van der Waals surface area (Å²) < 4.78 is 0. The fourth-order valence-corrected chi connectivity index (χ4v) is 1.86. The maximum Gasteiger partial charge on any atom is 0.255 e. The van der Waals surface area contributed by atoms with Crippen LogP contribution in [0.15, 0.2) is 18.2 Å². The van der Waals surface area contributed by atoms with Gasteiger partial charge in [-0.05, 0) is 25.5 Å². The van der Waals surface area contributed by atoms with Crippen LogP contribution in [0.25, 0.3) is 0 Å². The highest BCUT2D eigenvalue weighted by molar-refractivity contribution is 6.03. The van der Waals surface area contributed by atoms with E-state index in [0.29, 0.717) is 6.54 Å². The molecule has 0 saturated heterocycles. The van der Waals surface area contributed by atoms with Crippen molar-refractivity contribution >= 4 is 11.7 Å². The summed E-state index contributed by atoms with van der Waals surface area (Å²) in [5.41, 5.74) is 0.335. The lowest BCUT2D eigenvalue weighted by Gasteiger charge is -2.08. The minimum absolute atomic E-state index is 0.156. The molecule has 4 heteroatoms. The zero-order valence-electron chi connectivity index (χ0n) is 11.5. The van der Waals surface area contributed by atoms with Crippen molar-refractivity contribution in [2.45, 2.75) is 39.5 Å². The average molecular weight is 263 g/mol. The van der Waals surface area contributed by atoms with E-state index in [2.05, 4.69) is 12.2 Å². The van der Waals surface area contributed by atoms with Crippen LogP contribution in [0.5, 0.6) is 5.75 Å². The van der Waals surface area contributed by atoms with Gasteiger partial charge in [0.25, 0.3) is 5.91 Å². The number of aromatic hydroxyl groups is 1. The van der Waals surface area contributed by atoms with Crippen molar-refractivity contribution in [3.63, 3.8) is 0 Å². The van der Waals surface area contributed by atoms with Crippen LogP contribution in [0.2, 0.25) is 0 Å². The topological polar surface area (TPSA) is 66.4 Å². The molecule has 0 bridgehead atoms. The van der Waals surface area contributed by atoms with Crippen LogP contribution in [0.4, 0.5) is 0 Å². The lowest BCUT2D eigenvalue weighted by atomic mass is 10.1. The molecule has 2 N–H and O–H groups in total. The quantitative estimate of drug-likeness (QED) is 0.587. The molecule has 1 rings (SSSR count). The standard InChI is InChI=1S/C15H21NO3/c1-3-4-5-6-10-16-15(19)13-9-7-8-12(11(2)17)14(13)18/h7-9,18H,3-6,10H2,1-2H3,(H,16,19). The molecule has 0 saturated carbocycles. The van der Waals surface area contributed by atoms with Gasteiger partial charge < -0.3 is 10.4 Å². The van der Waals surface area contributed by atoms with E-state index in [1.165, 1.54) is 19.1 Å². The number of hydrogen-bond donors (Lipinski definition) is 2. The molecular formula is C15H21NO3. The average Bonchev–Trinajstić information content (AvgIpc) is 2.38. The third-order valence-electron chi connectivity index (χ3n) is 2.98. The van der Waals surface area contributed by atoms with E-state index in [-0.39, 0.29) is 28.6 Å². The second-order valence-electron chi connectivity index (χ2n) is 4.57. The molecule has 1 aromatic carbocycles. The Labute approximate surface area is 113 Å². The number of para-hydroxylation sites is 1. The minimum atomic E-state index is -0.336. The van der Waals surface area contributed by atoms with Gasteiger partial charge in [-0.15, -0.1) is 0 Å². The number of rotatable bonds is 7. The van der Waals surface area contributed by atoms with Gasteiger partial charge in [0.05, 0.1) is 11.1 Å². The minimum Gasteiger partial charge on any atom is -0.506 e. The summed E-state index contributed by atoms with van der Waals surface area (Å²) in [7, 11) is 0. The van der Waals surface area contributed by atoms with E-state index in [9.17, 15) is 14.7 Å². The van der Waals surface area contributed by atoms with Crippen LogP contribution >= 0.6 is 0 Å². The van der Waals surface area contributed by atoms with Gasteiger partial charge in [0.1, 0.15) is 5.75 Å². The summed E-state index contributed by atoms with van der Waals surface area (Å²) in [6, 6.07) is 4.63. The molecule has 0 aliphatic heterocycles. The van der Waals surface area contributed by atoms with Crippen molar-refractivity contribution in [2.24, 2.45) is 0 Å². The lowest BCUT2D eigenvalue weighted by Crippen LogP contribution is -2.24. The number of phenolic OH excluding ortho intramolecular Hbond substituents is 1. The van der Waals surface area contributed by atoms with E-state index in [0.717, 1.165) is 25.7 Å². The number of nitrogens with one attached hydrogen (secondary N) is 1. The molecule has 0 fully saturated rings. The van der Waals surface area contributed by atoms with Gasteiger partial charge in [-0.25, -0.2) is 0 Å². The fourth-order valence-electron chi connectivity index (χ4n) is 1.86. The van der Waals surface area contributed by atoms with E-state index in [4.69, 9.17) is 0 Å². The van der Waals surface area contributed by atoms with Gasteiger partial charge in [0.15, 0.2) is 5.78 Å². The molecule has 1 aromatic rings. The van der Waals surface area contributed by atoms with Crippen molar-refractivity contribution in [1.29, 1.82) is 0 Å². The Balaban J connectivity index is 2.62. The number of benzene rings is 1. The van der Waals surface area contributed by atoms with E-state index in [1.807, 2.05) is 0 Å². The van der Waals surface area contributed by atoms with Crippen LogP contribution in [0, 0.1) is 0 Å².